The summed E-state index contributed by atoms with van der Waals surface area (Å²) in [6.07, 6.45) is 0. The molecule has 2 N–H and O–H groups in total. The van der Waals surface area contributed by atoms with Gasteiger partial charge in [-0.25, -0.2) is 9.59 Å². The van der Waals surface area contributed by atoms with E-state index in [0.29, 0.717) is 17.2 Å². The maximum absolute atomic E-state index is 12.8. The molecule has 2 amide bonds. The van der Waals surface area contributed by atoms with Gasteiger partial charge in [0.25, 0.3) is 0 Å². The molecule has 1 heterocycles. The Morgan fingerprint density at radius 3 is 2.37 bits per heavy atom. The Morgan fingerprint density at radius 2 is 1.74 bits per heavy atom. The van der Waals surface area contributed by atoms with E-state index in [9.17, 15) is 9.59 Å². The van der Waals surface area contributed by atoms with Gasteiger partial charge in [-0.1, -0.05) is 68.4 Å². The van der Waals surface area contributed by atoms with Crippen molar-refractivity contribution in [2.24, 2.45) is 0 Å². The molecule has 0 fully saturated rings. The number of benzene rings is 2. The Kier molecular flexibility index (Phi) is 5.60. The molecule has 0 saturated heterocycles. The largest absolute Gasteiger partial charge is 0.457 e. The topological polar surface area (TPSA) is 67.4 Å². The predicted molar refractivity (Wildman–Crippen MR) is 104 cm³/mol. The smallest absolute Gasteiger partial charge is 0.338 e. The number of hydrogen-bond acceptors (Lipinski definition) is 3. The molecule has 0 aromatic heterocycles. The number of carbonyl (C=O) groups excluding carboxylic acids is 2. The highest BCUT2D eigenvalue weighted by Gasteiger charge is 2.32. The van der Waals surface area contributed by atoms with Gasteiger partial charge in [0.05, 0.1) is 11.6 Å². The van der Waals surface area contributed by atoms with Crippen LogP contribution in [0.3, 0.4) is 0 Å². The summed E-state index contributed by atoms with van der Waals surface area (Å²) >= 11 is 0. The Hall–Kier alpha value is -3.08. The number of amides is 2. The first-order valence-electron chi connectivity index (χ1n) is 9.05. The average molecular weight is 364 g/mol. The molecule has 0 saturated carbocycles. The molecule has 5 heteroatoms. The molecular formula is C22H24N2O3. The standard InChI is InChI=1S/C22H24N2O3/c1-14(2)17-9-11-18(12-10-17)20-19(15(3)23-22(26)24-20)21(25)27-13-16-7-5-4-6-8-16/h4-12,14,20H,13H2,1-3H3,(H2,23,24,26)/t20-/m1/s1. The molecule has 0 aliphatic carbocycles. The number of urea groups is 1. The number of rotatable bonds is 5. The van der Waals surface area contributed by atoms with E-state index in [1.165, 1.54) is 5.56 Å². The van der Waals surface area contributed by atoms with Crippen LogP contribution >= 0.6 is 0 Å². The van der Waals surface area contributed by atoms with Crippen LogP contribution in [-0.4, -0.2) is 12.0 Å². The second-order valence-corrected chi connectivity index (χ2v) is 6.95. The van der Waals surface area contributed by atoms with Crippen molar-refractivity contribution in [2.45, 2.75) is 39.3 Å². The lowest BCUT2D eigenvalue weighted by molar-refractivity contribution is -0.140. The second kappa shape index (κ2) is 8.08. The predicted octanol–water partition coefficient (Wildman–Crippen LogP) is 4.18. The van der Waals surface area contributed by atoms with Gasteiger partial charge in [-0.3, -0.25) is 0 Å². The third kappa shape index (κ3) is 4.37. The van der Waals surface area contributed by atoms with Crippen LogP contribution < -0.4 is 10.6 Å². The number of nitrogens with one attached hydrogen (secondary N) is 2. The molecule has 2 aromatic carbocycles. The lowest BCUT2D eigenvalue weighted by atomic mass is 9.93. The third-order valence-corrected chi connectivity index (χ3v) is 4.64. The van der Waals surface area contributed by atoms with Gasteiger partial charge >= 0.3 is 12.0 Å². The van der Waals surface area contributed by atoms with Crippen molar-refractivity contribution in [3.05, 3.63) is 82.6 Å². The lowest BCUT2D eigenvalue weighted by Crippen LogP contribution is -2.45. The monoisotopic (exact) mass is 364 g/mol. The quantitative estimate of drug-likeness (QED) is 0.782. The van der Waals surface area contributed by atoms with Crippen LogP contribution in [0.15, 0.2) is 65.9 Å². The zero-order valence-electron chi connectivity index (χ0n) is 15.8. The molecule has 140 valence electrons. The number of esters is 1. The molecule has 0 spiro atoms. The minimum atomic E-state index is -0.539. The zero-order chi connectivity index (χ0) is 19.4. The van der Waals surface area contributed by atoms with Crippen LogP contribution in [0.1, 0.15) is 49.4 Å². The van der Waals surface area contributed by atoms with Crippen LogP contribution in [0.4, 0.5) is 4.79 Å². The minimum Gasteiger partial charge on any atom is -0.457 e. The Labute approximate surface area is 159 Å². The Bertz CT molecular complexity index is 855. The molecular weight excluding hydrogens is 340 g/mol. The van der Waals surface area contributed by atoms with Gasteiger partial charge in [0, 0.05) is 5.70 Å². The highest BCUT2D eigenvalue weighted by Crippen LogP contribution is 2.29. The van der Waals surface area contributed by atoms with Crippen molar-refractivity contribution >= 4 is 12.0 Å². The van der Waals surface area contributed by atoms with Gasteiger partial charge < -0.3 is 15.4 Å². The van der Waals surface area contributed by atoms with E-state index >= 15 is 0 Å². The first kappa shape index (κ1) is 18.7. The van der Waals surface area contributed by atoms with E-state index in [2.05, 4.69) is 24.5 Å². The summed E-state index contributed by atoms with van der Waals surface area (Å²) in [5.41, 5.74) is 3.89. The van der Waals surface area contributed by atoms with Crippen molar-refractivity contribution in [2.75, 3.05) is 0 Å². The van der Waals surface area contributed by atoms with Crippen molar-refractivity contribution in [1.82, 2.24) is 10.6 Å². The van der Waals surface area contributed by atoms with Gasteiger partial charge in [-0.2, -0.15) is 0 Å². The Morgan fingerprint density at radius 1 is 1.07 bits per heavy atom. The fourth-order valence-electron chi connectivity index (χ4n) is 3.09. The van der Waals surface area contributed by atoms with E-state index in [0.717, 1.165) is 11.1 Å². The van der Waals surface area contributed by atoms with Crippen LogP contribution in [0, 0.1) is 0 Å². The molecule has 1 atom stereocenters. The number of allylic oxidation sites excluding steroid dienone is 1. The third-order valence-electron chi connectivity index (χ3n) is 4.64. The summed E-state index contributed by atoms with van der Waals surface area (Å²) in [6.45, 7) is 6.15. The molecule has 0 radical (unpaired) electrons. The lowest BCUT2D eigenvalue weighted by Gasteiger charge is -2.28. The summed E-state index contributed by atoms with van der Waals surface area (Å²) in [5.74, 6) is -0.0314. The normalized spacial score (nSPS) is 16.7. The van der Waals surface area contributed by atoms with E-state index in [1.807, 2.05) is 54.6 Å². The minimum absolute atomic E-state index is 0.184. The van der Waals surface area contributed by atoms with Crippen molar-refractivity contribution < 1.29 is 14.3 Å². The molecule has 5 nitrogen and oxygen atoms in total. The van der Waals surface area contributed by atoms with E-state index in [1.54, 1.807) is 6.92 Å². The van der Waals surface area contributed by atoms with Gasteiger partial charge in [-0.05, 0) is 29.5 Å². The summed E-state index contributed by atoms with van der Waals surface area (Å²) in [5, 5.41) is 5.50. The molecule has 2 aromatic rings. The van der Waals surface area contributed by atoms with E-state index < -0.39 is 12.0 Å². The summed E-state index contributed by atoms with van der Waals surface area (Å²) in [7, 11) is 0. The number of ether oxygens (including phenoxy) is 1. The maximum atomic E-state index is 12.8. The van der Waals surface area contributed by atoms with E-state index in [4.69, 9.17) is 4.74 Å². The second-order valence-electron chi connectivity index (χ2n) is 6.95. The van der Waals surface area contributed by atoms with Gasteiger partial charge in [0.15, 0.2) is 0 Å². The fourth-order valence-corrected chi connectivity index (χ4v) is 3.09. The van der Waals surface area contributed by atoms with E-state index in [-0.39, 0.29) is 12.6 Å². The fraction of sp³-hybridized carbons (Fsp3) is 0.273. The van der Waals surface area contributed by atoms with Crippen molar-refractivity contribution in [1.29, 1.82) is 0 Å². The summed E-state index contributed by atoms with van der Waals surface area (Å²) in [4.78, 5) is 24.7. The van der Waals surface area contributed by atoms with Crippen LogP contribution in [0.5, 0.6) is 0 Å². The molecule has 3 rings (SSSR count). The summed E-state index contributed by atoms with van der Waals surface area (Å²) in [6, 6.07) is 16.6. The Balaban J connectivity index is 1.84. The highest BCUT2D eigenvalue weighted by molar-refractivity contribution is 5.95. The van der Waals surface area contributed by atoms with Crippen molar-refractivity contribution in [3.63, 3.8) is 0 Å². The van der Waals surface area contributed by atoms with Crippen LogP contribution in [-0.2, 0) is 16.1 Å². The SMILES string of the molecule is CC1=C(C(=O)OCc2ccccc2)[C@@H](c2ccc(C(C)C)cc2)NC(=O)N1. The molecule has 0 bridgehead atoms. The number of hydrogen-bond donors (Lipinski definition) is 2. The maximum Gasteiger partial charge on any atom is 0.338 e. The van der Waals surface area contributed by atoms with Gasteiger partial charge in [0.2, 0.25) is 0 Å². The molecule has 0 unspecified atom stereocenters. The first-order valence-corrected chi connectivity index (χ1v) is 9.05. The molecule has 27 heavy (non-hydrogen) atoms. The number of carbonyl (C=O) groups is 2. The average Bonchev–Trinajstić information content (AvgIpc) is 2.66. The van der Waals surface area contributed by atoms with Crippen molar-refractivity contribution in [3.8, 4) is 0 Å². The van der Waals surface area contributed by atoms with Crippen LogP contribution in [0.2, 0.25) is 0 Å². The van der Waals surface area contributed by atoms with Gasteiger partial charge in [0.1, 0.15) is 6.61 Å². The molecule has 1 aliphatic rings. The highest BCUT2D eigenvalue weighted by atomic mass is 16.5. The summed E-state index contributed by atoms with van der Waals surface area (Å²) < 4.78 is 5.50. The van der Waals surface area contributed by atoms with Crippen LogP contribution in [0.25, 0.3) is 0 Å². The van der Waals surface area contributed by atoms with Gasteiger partial charge in [-0.15, -0.1) is 0 Å². The zero-order valence-corrected chi connectivity index (χ0v) is 15.8. The first-order chi connectivity index (χ1) is 13.0. The molecule has 1 aliphatic heterocycles.